The third-order valence-corrected chi connectivity index (χ3v) is 6.83. The van der Waals surface area contributed by atoms with Gasteiger partial charge in [-0.1, -0.05) is 49.4 Å². The Balaban J connectivity index is 1.77. The molecule has 1 N–H and O–H groups in total. The molecule has 0 aliphatic heterocycles. The minimum absolute atomic E-state index is 0.0434. The summed E-state index contributed by atoms with van der Waals surface area (Å²) in [6, 6.07) is 17.7. The SMILES string of the molecule is CCCN(CC(=O)N(Cc1ccccc1)Cc1sccc1C)C(=O)Nc1cccc(C)c1C. The molecule has 5 nitrogen and oxygen atoms in total. The molecule has 2 aromatic carbocycles. The number of amides is 3. The maximum atomic E-state index is 13.5. The molecule has 1 aromatic heterocycles. The zero-order chi connectivity index (χ0) is 23.8. The Morgan fingerprint density at radius 2 is 1.64 bits per heavy atom. The quantitative estimate of drug-likeness (QED) is 0.414. The highest BCUT2D eigenvalue weighted by atomic mass is 32.1. The highest BCUT2D eigenvalue weighted by Crippen LogP contribution is 2.21. The molecule has 174 valence electrons. The van der Waals surface area contributed by atoms with Crippen molar-refractivity contribution in [3.8, 4) is 0 Å². The van der Waals surface area contributed by atoms with Crippen molar-refractivity contribution in [1.29, 1.82) is 0 Å². The molecule has 0 aliphatic carbocycles. The largest absolute Gasteiger partial charge is 0.332 e. The number of thiophene rings is 1. The molecule has 6 heteroatoms. The van der Waals surface area contributed by atoms with Crippen LogP contribution in [0.4, 0.5) is 10.5 Å². The highest BCUT2D eigenvalue weighted by Gasteiger charge is 2.22. The summed E-state index contributed by atoms with van der Waals surface area (Å²) in [7, 11) is 0. The average Bonchev–Trinajstić information content (AvgIpc) is 3.21. The lowest BCUT2D eigenvalue weighted by atomic mass is 10.1. The molecular weight excluding hydrogens is 430 g/mol. The van der Waals surface area contributed by atoms with E-state index in [1.54, 1.807) is 16.2 Å². The second-order valence-electron chi connectivity index (χ2n) is 8.36. The van der Waals surface area contributed by atoms with E-state index in [0.29, 0.717) is 19.6 Å². The predicted octanol–water partition coefficient (Wildman–Crippen LogP) is 6.15. The van der Waals surface area contributed by atoms with E-state index in [1.165, 1.54) is 10.4 Å². The first-order valence-corrected chi connectivity index (χ1v) is 12.2. The van der Waals surface area contributed by atoms with Crippen LogP contribution in [0.1, 0.15) is 40.5 Å². The molecule has 3 amide bonds. The van der Waals surface area contributed by atoms with Crippen LogP contribution in [-0.2, 0) is 17.9 Å². The van der Waals surface area contributed by atoms with Gasteiger partial charge in [0.25, 0.3) is 0 Å². The second kappa shape index (κ2) is 11.7. The van der Waals surface area contributed by atoms with E-state index in [1.807, 2.05) is 74.2 Å². The minimum Gasteiger partial charge on any atom is -0.332 e. The molecule has 0 aliphatic rings. The van der Waals surface area contributed by atoms with Gasteiger partial charge in [0.2, 0.25) is 5.91 Å². The monoisotopic (exact) mass is 463 g/mol. The van der Waals surface area contributed by atoms with Crippen LogP contribution in [0.2, 0.25) is 0 Å². The van der Waals surface area contributed by atoms with Gasteiger partial charge in [0.1, 0.15) is 6.54 Å². The third kappa shape index (κ3) is 6.68. The zero-order valence-electron chi connectivity index (χ0n) is 19.9. The number of urea groups is 1. The number of anilines is 1. The molecule has 0 spiro atoms. The van der Waals surface area contributed by atoms with E-state index < -0.39 is 0 Å². The average molecular weight is 464 g/mol. The van der Waals surface area contributed by atoms with Crippen molar-refractivity contribution in [2.24, 2.45) is 0 Å². The second-order valence-corrected chi connectivity index (χ2v) is 9.36. The van der Waals surface area contributed by atoms with Gasteiger partial charge in [0, 0.05) is 23.7 Å². The third-order valence-electron chi connectivity index (χ3n) is 5.82. The van der Waals surface area contributed by atoms with Crippen LogP contribution in [0.15, 0.2) is 60.0 Å². The van der Waals surface area contributed by atoms with Crippen LogP contribution >= 0.6 is 11.3 Å². The fourth-order valence-corrected chi connectivity index (χ4v) is 4.56. The topological polar surface area (TPSA) is 52.7 Å². The number of hydrogen-bond donors (Lipinski definition) is 1. The molecule has 0 fully saturated rings. The van der Waals surface area contributed by atoms with Gasteiger partial charge in [0.15, 0.2) is 0 Å². The summed E-state index contributed by atoms with van der Waals surface area (Å²) in [4.78, 5) is 31.2. The summed E-state index contributed by atoms with van der Waals surface area (Å²) in [5, 5.41) is 5.06. The van der Waals surface area contributed by atoms with Gasteiger partial charge >= 0.3 is 6.03 Å². The number of rotatable bonds is 9. The summed E-state index contributed by atoms with van der Waals surface area (Å²) in [6.07, 6.45) is 0.774. The van der Waals surface area contributed by atoms with Crippen LogP contribution in [-0.4, -0.2) is 34.8 Å². The van der Waals surface area contributed by atoms with E-state index in [4.69, 9.17) is 0 Å². The van der Waals surface area contributed by atoms with E-state index in [-0.39, 0.29) is 18.5 Å². The minimum atomic E-state index is -0.245. The van der Waals surface area contributed by atoms with Crippen LogP contribution in [0.5, 0.6) is 0 Å². The van der Waals surface area contributed by atoms with Gasteiger partial charge in [-0.15, -0.1) is 11.3 Å². The number of carbonyl (C=O) groups excluding carboxylic acids is 2. The Hall–Kier alpha value is -3.12. The Bertz CT molecular complexity index is 1080. The summed E-state index contributed by atoms with van der Waals surface area (Å²) in [6.45, 7) is 9.70. The number of aryl methyl sites for hydroxylation is 2. The number of benzene rings is 2. The van der Waals surface area contributed by atoms with Crippen molar-refractivity contribution in [2.75, 3.05) is 18.4 Å². The molecular formula is C27H33N3O2S. The smallest absolute Gasteiger partial charge is 0.322 e. The first kappa shape index (κ1) is 24.5. The fourth-order valence-electron chi connectivity index (χ4n) is 3.64. The Morgan fingerprint density at radius 1 is 0.879 bits per heavy atom. The molecule has 3 rings (SSSR count). The van der Waals surface area contributed by atoms with Crippen molar-refractivity contribution >= 4 is 29.0 Å². The highest BCUT2D eigenvalue weighted by molar-refractivity contribution is 7.10. The lowest BCUT2D eigenvalue weighted by molar-refractivity contribution is -0.133. The van der Waals surface area contributed by atoms with Gasteiger partial charge in [-0.3, -0.25) is 4.79 Å². The van der Waals surface area contributed by atoms with Gasteiger partial charge in [0.05, 0.1) is 6.54 Å². The van der Waals surface area contributed by atoms with Gasteiger partial charge in [-0.05, 0) is 67.0 Å². The Kier molecular flexibility index (Phi) is 8.66. The van der Waals surface area contributed by atoms with Crippen molar-refractivity contribution < 1.29 is 9.59 Å². The molecule has 33 heavy (non-hydrogen) atoms. The first-order valence-electron chi connectivity index (χ1n) is 11.4. The maximum absolute atomic E-state index is 13.5. The van der Waals surface area contributed by atoms with E-state index in [9.17, 15) is 9.59 Å². The first-order chi connectivity index (χ1) is 15.9. The van der Waals surface area contributed by atoms with E-state index in [0.717, 1.165) is 28.8 Å². The van der Waals surface area contributed by atoms with Gasteiger partial charge in [-0.2, -0.15) is 0 Å². The zero-order valence-corrected chi connectivity index (χ0v) is 20.7. The van der Waals surface area contributed by atoms with Crippen LogP contribution < -0.4 is 5.32 Å². The molecule has 0 bridgehead atoms. The molecule has 0 saturated carbocycles. The van der Waals surface area contributed by atoms with Gasteiger partial charge in [-0.25, -0.2) is 4.79 Å². The molecule has 0 saturated heterocycles. The van der Waals surface area contributed by atoms with Gasteiger partial charge < -0.3 is 15.1 Å². The summed E-state index contributed by atoms with van der Waals surface area (Å²) in [5.74, 6) is -0.0591. The molecule has 0 unspecified atom stereocenters. The van der Waals surface area contributed by atoms with Crippen molar-refractivity contribution in [1.82, 2.24) is 9.80 Å². The van der Waals surface area contributed by atoms with Crippen molar-refractivity contribution in [3.63, 3.8) is 0 Å². The van der Waals surface area contributed by atoms with Crippen molar-refractivity contribution in [3.05, 3.63) is 87.1 Å². The number of nitrogens with zero attached hydrogens (tertiary/aromatic N) is 2. The molecule has 0 atom stereocenters. The molecule has 1 heterocycles. The standard InChI is InChI=1S/C27H33N3O2S/c1-5-15-29(27(32)28-24-13-9-10-20(2)22(24)4)19-26(31)30(17-23-11-7-6-8-12-23)18-25-21(3)14-16-33-25/h6-14,16H,5,15,17-19H2,1-4H3,(H,28,32). The Labute approximate surface area is 201 Å². The normalized spacial score (nSPS) is 10.7. The summed E-state index contributed by atoms with van der Waals surface area (Å²) < 4.78 is 0. The van der Waals surface area contributed by atoms with E-state index in [2.05, 4.69) is 23.7 Å². The number of hydrogen-bond acceptors (Lipinski definition) is 3. The molecule has 3 aromatic rings. The fraction of sp³-hybridized carbons (Fsp3) is 0.333. The lowest BCUT2D eigenvalue weighted by Gasteiger charge is -2.28. The predicted molar refractivity (Wildman–Crippen MR) is 137 cm³/mol. The van der Waals surface area contributed by atoms with Crippen LogP contribution in [0.3, 0.4) is 0 Å². The number of carbonyl (C=O) groups is 2. The van der Waals surface area contributed by atoms with Crippen LogP contribution in [0.25, 0.3) is 0 Å². The van der Waals surface area contributed by atoms with Crippen LogP contribution in [0, 0.1) is 20.8 Å². The van der Waals surface area contributed by atoms with Crippen molar-refractivity contribution in [2.45, 2.75) is 47.2 Å². The summed E-state index contributed by atoms with van der Waals surface area (Å²) >= 11 is 1.66. The lowest BCUT2D eigenvalue weighted by Crippen LogP contribution is -2.44. The van der Waals surface area contributed by atoms with E-state index >= 15 is 0 Å². The Morgan fingerprint density at radius 3 is 2.30 bits per heavy atom. The maximum Gasteiger partial charge on any atom is 0.322 e. The summed E-state index contributed by atoms with van der Waals surface area (Å²) in [5.41, 5.74) is 5.19. The number of nitrogens with one attached hydrogen (secondary N) is 1. The molecule has 0 radical (unpaired) electrons.